The molecule has 0 bridgehead atoms. The Morgan fingerprint density at radius 2 is 1.86 bits per heavy atom. The molecule has 1 rings (SSSR count). The molecule has 0 aromatic carbocycles. The van der Waals surface area contributed by atoms with E-state index in [4.69, 9.17) is 0 Å². The minimum Gasteiger partial charge on any atom is -0.359 e. The monoisotopic (exact) mass is 198 g/mol. The van der Waals surface area contributed by atoms with Crippen molar-refractivity contribution in [2.24, 2.45) is 5.92 Å². The smallest absolute Gasteiger partial charge is 0.224 e. The van der Waals surface area contributed by atoms with Crippen LogP contribution in [-0.4, -0.2) is 24.9 Å². The van der Waals surface area contributed by atoms with Crippen LogP contribution in [0.25, 0.3) is 0 Å². The third-order valence-corrected chi connectivity index (χ3v) is 2.74. The van der Waals surface area contributed by atoms with Gasteiger partial charge in [0.25, 0.3) is 0 Å². The summed E-state index contributed by atoms with van der Waals surface area (Å²) in [7, 11) is 1.64. The first-order chi connectivity index (χ1) is 6.65. The van der Waals surface area contributed by atoms with Crippen LogP contribution in [0.4, 0.5) is 0 Å². The van der Waals surface area contributed by atoms with Gasteiger partial charge in [0.1, 0.15) is 0 Å². The lowest BCUT2D eigenvalue weighted by Gasteiger charge is -2.30. The molecule has 0 spiro atoms. The Hall–Kier alpha value is -1.06. The first-order valence-electron chi connectivity index (χ1n) is 5.14. The van der Waals surface area contributed by atoms with Crippen molar-refractivity contribution in [3.63, 3.8) is 0 Å². The van der Waals surface area contributed by atoms with E-state index in [1.807, 2.05) is 0 Å². The van der Waals surface area contributed by atoms with Crippen molar-refractivity contribution in [3.05, 3.63) is 0 Å². The highest BCUT2D eigenvalue weighted by atomic mass is 16.2. The van der Waals surface area contributed by atoms with Gasteiger partial charge in [0.15, 0.2) is 0 Å². The van der Waals surface area contributed by atoms with Crippen molar-refractivity contribution in [2.75, 3.05) is 7.05 Å². The fourth-order valence-electron chi connectivity index (χ4n) is 2.06. The predicted octanol–water partition coefficient (Wildman–Crippen LogP) is 0.427. The van der Waals surface area contributed by atoms with E-state index in [9.17, 15) is 9.59 Å². The van der Waals surface area contributed by atoms with Gasteiger partial charge in [-0.15, -0.1) is 0 Å². The minimum atomic E-state index is -0.0502. The molecule has 80 valence electrons. The summed E-state index contributed by atoms with van der Waals surface area (Å²) in [5, 5.41) is 5.49. The number of hydrogen-bond acceptors (Lipinski definition) is 2. The van der Waals surface area contributed by atoms with Gasteiger partial charge >= 0.3 is 0 Å². The van der Waals surface area contributed by atoms with Crippen LogP contribution in [0.15, 0.2) is 0 Å². The second-order valence-electron chi connectivity index (χ2n) is 3.81. The van der Waals surface area contributed by atoms with Gasteiger partial charge in [0.05, 0.1) is 5.92 Å². The Labute approximate surface area is 84.4 Å². The molecule has 1 fully saturated rings. The molecular weight excluding hydrogens is 180 g/mol. The highest BCUT2D eigenvalue weighted by Gasteiger charge is 2.30. The first-order valence-corrected chi connectivity index (χ1v) is 5.14. The topological polar surface area (TPSA) is 58.2 Å². The number of nitrogens with one attached hydrogen (secondary N) is 2. The summed E-state index contributed by atoms with van der Waals surface area (Å²) in [6.07, 6.45) is 3.97. The molecule has 1 aliphatic carbocycles. The van der Waals surface area contributed by atoms with Crippen LogP contribution in [0.3, 0.4) is 0 Å². The molecule has 4 heteroatoms. The Kier molecular flexibility index (Phi) is 3.92. The van der Waals surface area contributed by atoms with Crippen LogP contribution in [0.2, 0.25) is 0 Å². The van der Waals surface area contributed by atoms with Gasteiger partial charge in [-0.25, -0.2) is 0 Å². The lowest BCUT2D eigenvalue weighted by Crippen LogP contribution is -2.47. The molecule has 0 heterocycles. The zero-order valence-corrected chi connectivity index (χ0v) is 8.80. The van der Waals surface area contributed by atoms with E-state index in [1.54, 1.807) is 7.05 Å². The molecule has 0 saturated heterocycles. The summed E-state index contributed by atoms with van der Waals surface area (Å²) >= 11 is 0. The zero-order chi connectivity index (χ0) is 10.6. The Morgan fingerprint density at radius 1 is 1.21 bits per heavy atom. The van der Waals surface area contributed by atoms with Crippen LogP contribution in [0.5, 0.6) is 0 Å². The normalized spacial score (nSPS) is 26.7. The Balaban J connectivity index is 2.58. The van der Waals surface area contributed by atoms with Gasteiger partial charge in [-0.05, 0) is 12.8 Å². The molecule has 1 saturated carbocycles. The maximum atomic E-state index is 11.5. The molecule has 2 atom stereocenters. The summed E-state index contributed by atoms with van der Waals surface area (Å²) in [5.41, 5.74) is 0. The molecular formula is C10H18N2O2. The summed E-state index contributed by atoms with van der Waals surface area (Å²) in [6.45, 7) is 1.50. The third kappa shape index (κ3) is 2.72. The largest absolute Gasteiger partial charge is 0.359 e. The molecule has 0 aromatic rings. The van der Waals surface area contributed by atoms with Crippen molar-refractivity contribution in [1.29, 1.82) is 0 Å². The van der Waals surface area contributed by atoms with Gasteiger partial charge < -0.3 is 10.6 Å². The molecule has 14 heavy (non-hydrogen) atoms. The van der Waals surface area contributed by atoms with Crippen molar-refractivity contribution in [3.8, 4) is 0 Å². The summed E-state index contributed by atoms with van der Waals surface area (Å²) in [4.78, 5) is 22.4. The van der Waals surface area contributed by atoms with Crippen molar-refractivity contribution in [1.82, 2.24) is 10.6 Å². The van der Waals surface area contributed by atoms with E-state index >= 15 is 0 Å². The molecule has 0 radical (unpaired) electrons. The first kappa shape index (κ1) is 11.0. The molecule has 4 nitrogen and oxygen atoms in total. The number of carbonyl (C=O) groups excluding carboxylic acids is 2. The van der Waals surface area contributed by atoms with Gasteiger partial charge in [-0.2, -0.15) is 0 Å². The van der Waals surface area contributed by atoms with E-state index in [1.165, 1.54) is 6.92 Å². The zero-order valence-electron chi connectivity index (χ0n) is 8.80. The molecule has 2 N–H and O–H groups in total. The van der Waals surface area contributed by atoms with E-state index in [2.05, 4.69) is 10.6 Å². The van der Waals surface area contributed by atoms with Crippen molar-refractivity contribution >= 4 is 11.8 Å². The summed E-state index contributed by atoms with van der Waals surface area (Å²) in [6, 6.07) is 0.0289. The second kappa shape index (κ2) is 4.98. The quantitative estimate of drug-likeness (QED) is 0.676. The predicted molar refractivity (Wildman–Crippen MR) is 53.6 cm³/mol. The van der Waals surface area contributed by atoms with E-state index in [-0.39, 0.29) is 23.8 Å². The highest BCUT2D eigenvalue weighted by Crippen LogP contribution is 2.24. The molecule has 1 aliphatic rings. The van der Waals surface area contributed by atoms with Crippen LogP contribution in [0, 0.1) is 5.92 Å². The average Bonchev–Trinajstić information content (AvgIpc) is 2.16. The van der Waals surface area contributed by atoms with E-state index in [0.29, 0.717) is 0 Å². The lowest BCUT2D eigenvalue weighted by molar-refractivity contribution is -0.127. The van der Waals surface area contributed by atoms with Gasteiger partial charge in [-0.1, -0.05) is 12.8 Å². The lowest BCUT2D eigenvalue weighted by atomic mass is 9.84. The maximum absolute atomic E-state index is 11.5. The standard InChI is InChI=1S/C10H18N2O2/c1-7(13)12-9-6-4-3-5-8(9)10(14)11-2/h8-9H,3-6H2,1-2H3,(H,11,14)(H,12,13)/t8-,9-/m1/s1. The van der Waals surface area contributed by atoms with Gasteiger partial charge in [0, 0.05) is 20.0 Å². The van der Waals surface area contributed by atoms with E-state index < -0.39 is 0 Å². The van der Waals surface area contributed by atoms with Crippen LogP contribution in [0.1, 0.15) is 32.6 Å². The maximum Gasteiger partial charge on any atom is 0.224 e. The van der Waals surface area contributed by atoms with Crippen molar-refractivity contribution < 1.29 is 9.59 Å². The summed E-state index contributed by atoms with van der Waals surface area (Å²) < 4.78 is 0. The van der Waals surface area contributed by atoms with Crippen LogP contribution < -0.4 is 10.6 Å². The van der Waals surface area contributed by atoms with E-state index in [0.717, 1.165) is 25.7 Å². The molecule has 2 amide bonds. The minimum absolute atomic E-state index is 0.0289. The Bertz CT molecular complexity index is 228. The fourth-order valence-corrected chi connectivity index (χ4v) is 2.06. The molecule has 0 aliphatic heterocycles. The fraction of sp³-hybridized carbons (Fsp3) is 0.800. The number of rotatable bonds is 2. The number of hydrogen-bond donors (Lipinski definition) is 2. The molecule has 0 aromatic heterocycles. The second-order valence-corrected chi connectivity index (χ2v) is 3.81. The number of amides is 2. The Morgan fingerprint density at radius 3 is 2.43 bits per heavy atom. The van der Waals surface area contributed by atoms with Gasteiger partial charge in [-0.3, -0.25) is 9.59 Å². The third-order valence-electron chi connectivity index (χ3n) is 2.74. The molecule has 0 unspecified atom stereocenters. The van der Waals surface area contributed by atoms with Crippen molar-refractivity contribution in [2.45, 2.75) is 38.6 Å². The highest BCUT2D eigenvalue weighted by molar-refractivity contribution is 5.80. The van der Waals surface area contributed by atoms with Crippen LogP contribution in [-0.2, 0) is 9.59 Å². The van der Waals surface area contributed by atoms with Gasteiger partial charge in [0.2, 0.25) is 11.8 Å². The van der Waals surface area contributed by atoms with Crippen LogP contribution >= 0.6 is 0 Å². The summed E-state index contributed by atoms with van der Waals surface area (Å²) in [5.74, 6) is -0.0492. The SMILES string of the molecule is CNC(=O)[C@@H]1CCCC[C@H]1NC(C)=O. The average molecular weight is 198 g/mol. The number of carbonyl (C=O) groups is 2.